The van der Waals surface area contributed by atoms with E-state index in [4.69, 9.17) is 35.3 Å². The van der Waals surface area contributed by atoms with Gasteiger partial charge in [-0.3, -0.25) is 9.59 Å². The zero-order valence-electron chi connectivity index (χ0n) is 21.4. The van der Waals surface area contributed by atoms with Gasteiger partial charge in [0.2, 0.25) is 5.75 Å². The van der Waals surface area contributed by atoms with Crippen LogP contribution in [-0.2, 0) is 11.4 Å². The van der Waals surface area contributed by atoms with Gasteiger partial charge in [0.05, 0.1) is 41.2 Å². The Hall–Kier alpha value is -4.44. The molecule has 3 rings (SSSR count). The Bertz CT molecular complexity index is 1270. The van der Waals surface area contributed by atoms with E-state index in [1.165, 1.54) is 46.8 Å². The van der Waals surface area contributed by atoms with Crippen LogP contribution < -0.4 is 34.4 Å². The van der Waals surface area contributed by atoms with Crippen molar-refractivity contribution in [3.8, 4) is 28.7 Å². The Morgan fingerprint density at radius 1 is 0.842 bits per heavy atom. The quantitative estimate of drug-likeness (QED) is 0.264. The number of hydrogen-bond acceptors (Lipinski definition) is 8. The maximum atomic E-state index is 12.5. The van der Waals surface area contributed by atoms with E-state index in [1.54, 1.807) is 30.3 Å². The number of nitrogens with zero attached hydrogens (tertiary/aromatic N) is 1. The minimum absolute atomic E-state index is 0.237. The summed E-state index contributed by atoms with van der Waals surface area (Å²) < 4.78 is 27.0. The number of benzene rings is 3. The second-order valence-electron chi connectivity index (χ2n) is 7.72. The van der Waals surface area contributed by atoms with Gasteiger partial charge in [0.15, 0.2) is 23.0 Å². The third-order valence-electron chi connectivity index (χ3n) is 5.23. The van der Waals surface area contributed by atoms with Crippen molar-refractivity contribution >= 4 is 29.6 Å². The molecule has 0 aliphatic carbocycles. The van der Waals surface area contributed by atoms with Gasteiger partial charge in [-0.2, -0.15) is 5.10 Å². The number of halogens is 1. The largest absolute Gasteiger partial charge is 0.493 e. The summed E-state index contributed by atoms with van der Waals surface area (Å²) in [6.07, 6.45) is 1.45. The van der Waals surface area contributed by atoms with Crippen molar-refractivity contribution in [1.82, 2.24) is 10.7 Å². The summed E-state index contributed by atoms with van der Waals surface area (Å²) in [5.74, 6) is 1.05. The van der Waals surface area contributed by atoms with Gasteiger partial charge in [-0.25, -0.2) is 5.43 Å². The highest BCUT2D eigenvalue weighted by atomic mass is 35.5. The van der Waals surface area contributed by atoms with Crippen molar-refractivity contribution in [2.75, 3.05) is 35.0 Å². The Kier molecular flexibility index (Phi) is 10.2. The fourth-order valence-corrected chi connectivity index (χ4v) is 3.44. The number of nitrogens with one attached hydrogen (secondary N) is 2. The number of rotatable bonds is 12. The molecule has 2 N–H and O–H groups in total. The highest BCUT2D eigenvalue weighted by Gasteiger charge is 2.17. The lowest BCUT2D eigenvalue weighted by Gasteiger charge is -2.14. The fourth-order valence-electron chi connectivity index (χ4n) is 3.32. The first kappa shape index (κ1) is 28.1. The van der Waals surface area contributed by atoms with Crippen LogP contribution in [0.4, 0.5) is 0 Å². The van der Waals surface area contributed by atoms with E-state index in [1.807, 2.05) is 12.1 Å². The van der Waals surface area contributed by atoms with Gasteiger partial charge in [-0.1, -0.05) is 23.7 Å². The second-order valence-corrected chi connectivity index (χ2v) is 8.15. The van der Waals surface area contributed by atoms with Crippen LogP contribution in [0.25, 0.3) is 0 Å². The molecule has 38 heavy (non-hydrogen) atoms. The number of methoxy groups -OCH3 is 4. The lowest BCUT2D eigenvalue weighted by atomic mass is 10.1. The van der Waals surface area contributed by atoms with Crippen LogP contribution >= 0.6 is 11.6 Å². The molecule has 3 aromatic rings. The molecule has 0 atom stereocenters. The maximum absolute atomic E-state index is 12.5. The van der Waals surface area contributed by atoms with Crippen LogP contribution in [0.5, 0.6) is 28.7 Å². The van der Waals surface area contributed by atoms with E-state index in [2.05, 4.69) is 15.8 Å². The van der Waals surface area contributed by atoms with Crippen molar-refractivity contribution in [2.45, 2.75) is 6.61 Å². The van der Waals surface area contributed by atoms with Gasteiger partial charge < -0.3 is 29.0 Å². The van der Waals surface area contributed by atoms with Gasteiger partial charge in [-0.15, -0.1) is 0 Å². The van der Waals surface area contributed by atoms with E-state index in [0.29, 0.717) is 45.9 Å². The molecule has 0 fully saturated rings. The van der Waals surface area contributed by atoms with Gasteiger partial charge in [0.25, 0.3) is 11.8 Å². The van der Waals surface area contributed by atoms with Crippen molar-refractivity contribution in [1.29, 1.82) is 0 Å². The first-order valence-electron chi connectivity index (χ1n) is 11.3. The van der Waals surface area contributed by atoms with Crippen molar-refractivity contribution in [3.63, 3.8) is 0 Å². The molecule has 0 aromatic heterocycles. The van der Waals surface area contributed by atoms with Crippen LogP contribution in [-0.4, -0.2) is 53.0 Å². The van der Waals surface area contributed by atoms with E-state index in [9.17, 15) is 9.59 Å². The summed E-state index contributed by atoms with van der Waals surface area (Å²) in [5.41, 5.74) is 4.23. The molecule has 2 amide bonds. The van der Waals surface area contributed by atoms with Crippen LogP contribution in [0.15, 0.2) is 59.7 Å². The van der Waals surface area contributed by atoms with E-state index >= 15 is 0 Å². The molecule has 10 nitrogen and oxygen atoms in total. The first-order chi connectivity index (χ1) is 18.4. The summed E-state index contributed by atoms with van der Waals surface area (Å²) in [6.45, 7) is 0.0481. The summed E-state index contributed by atoms with van der Waals surface area (Å²) in [5, 5.41) is 7.11. The summed E-state index contributed by atoms with van der Waals surface area (Å²) >= 11 is 5.91. The smallest absolute Gasteiger partial charge is 0.259 e. The topological polar surface area (TPSA) is 117 Å². The first-order valence-corrected chi connectivity index (χ1v) is 11.7. The standard InChI is InChI=1S/C27H28ClN3O7/c1-34-22-11-18(7-10-21(22)38-16-17-5-8-20(28)9-6-17)14-30-31-25(32)15-29-27(33)19-12-23(35-2)26(37-4)24(13-19)36-3/h5-14H,15-16H2,1-4H3,(H,29,33)(H,31,32). The molecule has 0 aliphatic rings. The van der Waals surface area contributed by atoms with Crippen LogP contribution in [0.1, 0.15) is 21.5 Å². The molecule has 0 radical (unpaired) electrons. The number of carbonyl (C=O) groups is 2. The lowest BCUT2D eigenvalue weighted by Crippen LogP contribution is -2.34. The molecule has 0 aliphatic heterocycles. The van der Waals surface area contributed by atoms with E-state index < -0.39 is 11.8 Å². The number of carbonyl (C=O) groups excluding carboxylic acids is 2. The van der Waals surface area contributed by atoms with Crippen LogP contribution in [0.2, 0.25) is 5.02 Å². The van der Waals surface area contributed by atoms with Crippen LogP contribution in [0.3, 0.4) is 0 Å². The third kappa shape index (κ3) is 7.53. The molecular weight excluding hydrogens is 514 g/mol. The highest BCUT2D eigenvalue weighted by molar-refractivity contribution is 6.30. The third-order valence-corrected chi connectivity index (χ3v) is 5.49. The molecule has 0 bridgehead atoms. The molecule has 0 saturated carbocycles. The van der Waals surface area contributed by atoms with Gasteiger partial charge in [-0.05, 0) is 53.6 Å². The predicted molar refractivity (Wildman–Crippen MR) is 143 cm³/mol. The molecule has 0 heterocycles. The Balaban J connectivity index is 1.53. The van der Waals surface area contributed by atoms with Crippen molar-refractivity contribution in [2.24, 2.45) is 5.10 Å². The number of ether oxygens (including phenoxy) is 5. The fraction of sp³-hybridized carbons (Fsp3) is 0.222. The monoisotopic (exact) mass is 541 g/mol. The molecule has 200 valence electrons. The zero-order chi connectivity index (χ0) is 27.5. The number of amides is 2. The molecule has 0 spiro atoms. The molecular formula is C27H28ClN3O7. The average molecular weight is 542 g/mol. The summed E-state index contributed by atoms with van der Waals surface area (Å²) in [6, 6.07) is 15.6. The lowest BCUT2D eigenvalue weighted by molar-refractivity contribution is -0.120. The second kappa shape index (κ2) is 13.8. The molecule has 11 heteroatoms. The van der Waals surface area contributed by atoms with Gasteiger partial charge >= 0.3 is 0 Å². The summed E-state index contributed by atoms with van der Waals surface area (Å²) in [7, 11) is 5.89. The van der Waals surface area contributed by atoms with Gasteiger partial charge in [0.1, 0.15) is 6.61 Å². The van der Waals surface area contributed by atoms with Crippen molar-refractivity contribution in [3.05, 3.63) is 76.3 Å². The Morgan fingerprint density at radius 2 is 1.50 bits per heavy atom. The SMILES string of the molecule is COc1cc(C=NNC(=O)CNC(=O)c2cc(OC)c(OC)c(OC)c2)ccc1OCc1ccc(Cl)cc1. The average Bonchev–Trinajstić information content (AvgIpc) is 2.94. The van der Waals surface area contributed by atoms with E-state index in [-0.39, 0.29) is 12.1 Å². The minimum Gasteiger partial charge on any atom is -0.493 e. The number of hydrogen-bond donors (Lipinski definition) is 2. The van der Waals surface area contributed by atoms with Gasteiger partial charge in [0, 0.05) is 10.6 Å². The van der Waals surface area contributed by atoms with Crippen molar-refractivity contribution < 1.29 is 33.3 Å². The Morgan fingerprint density at radius 3 is 2.11 bits per heavy atom. The summed E-state index contributed by atoms with van der Waals surface area (Å²) in [4.78, 5) is 24.7. The molecule has 0 unspecified atom stereocenters. The molecule has 3 aromatic carbocycles. The predicted octanol–water partition coefficient (Wildman–Crippen LogP) is 3.83. The normalized spacial score (nSPS) is 10.6. The Labute approximate surface area is 225 Å². The molecule has 0 saturated heterocycles. The number of hydrazone groups is 1. The van der Waals surface area contributed by atoms with Crippen LogP contribution in [0, 0.1) is 0 Å². The minimum atomic E-state index is -0.517. The zero-order valence-corrected chi connectivity index (χ0v) is 22.1. The van der Waals surface area contributed by atoms with E-state index in [0.717, 1.165) is 5.56 Å². The highest BCUT2D eigenvalue weighted by Crippen LogP contribution is 2.38. The maximum Gasteiger partial charge on any atom is 0.259 e.